The summed E-state index contributed by atoms with van der Waals surface area (Å²) < 4.78 is 0. The lowest BCUT2D eigenvalue weighted by Crippen LogP contribution is -2.48. The highest BCUT2D eigenvalue weighted by atomic mass is 35.5. The van der Waals surface area contributed by atoms with Gasteiger partial charge in [-0.05, 0) is 25.0 Å². The van der Waals surface area contributed by atoms with Crippen molar-refractivity contribution in [1.29, 1.82) is 0 Å². The molecule has 2 nitrogen and oxygen atoms in total. The molecular weight excluding hydrogens is 267 g/mol. The van der Waals surface area contributed by atoms with E-state index in [1.807, 2.05) is 18.2 Å². The van der Waals surface area contributed by atoms with Crippen molar-refractivity contribution in [2.45, 2.75) is 38.8 Å². The van der Waals surface area contributed by atoms with Gasteiger partial charge in [0.05, 0.1) is 15.7 Å². The summed E-state index contributed by atoms with van der Waals surface area (Å²) in [6, 6.07) is 6.90. The first-order valence-corrected chi connectivity index (χ1v) is 7.28. The summed E-state index contributed by atoms with van der Waals surface area (Å²) in [7, 11) is 0. The fraction of sp³-hybridized carbons (Fsp3) is 0.571. The molecule has 1 saturated heterocycles. The van der Waals surface area contributed by atoms with Crippen LogP contribution in [0.15, 0.2) is 18.2 Å². The van der Waals surface area contributed by atoms with E-state index in [1.165, 1.54) is 12.8 Å². The summed E-state index contributed by atoms with van der Waals surface area (Å²) in [5.41, 5.74) is 1.06. The molecule has 1 aliphatic rings. The van der Waals surface area contributed by atoms with Crippen LogP contribution in [0.4, 0.5) is 5.69 Å². The summed E-state index contributed by atoms with van der Waals surface area (Å²) in [5, 5.41) is 4.90. The van der Waals surface area contributed by atoms with Crippen molar-refractivity contribution in [3.05, 3.63) is 28.2 Å². The highest BCUT2D eigenvalue weighted by molar-refractivity contribution is 6.43. The van der Waals surface area contributed by atoms with Crippen LogP contribution in [-0.2, 0) is 0 Å². The number of hydrogen-bond donors (Lipinski definition) is 1. The molecule has 1 N–H and O–H groups in total. The van der Waals surface area contributed by atoms with Crippen LogP contribution < -0.4 is 10.2 Å². The van der Waals surface area contributed by atoms with Gasteiger partial charge in [-0.15, -0.1) is 0 Å². The molecule has 100 valence electrons. The van der Waals surface area contributed by atoms with E-state index in [1.54, 1.807) is 0 Å². The van der Waals surface area contributed by atoms with Gasteiger partial charge >= 0.3 is 0 Å². The van der Waals surface area contributed by atoms with E-state index in [4.69, 9.17) is 23.2 Å². The number of nitrogens with one attached hydrogen (secondary N) is 1. The molecule has 1 fully saturated rings. The van der Waals surface area contributed by atoms with Gasteiger partial charge in [-0.3, -0.25) is 0 Å². The first kappa shape index (κ1) is 14.0. The molecule has 1 aliphatic heterocycles. The number of piperidine rings is 1. The molecule has 0 radical (unpaired) electrons. The van der Waals surface area contributed by atoms with Crippen LogP contribution >= 0.6 is 23.2 Å². The minimum absolute atomic E-state index is 0.518. The molecule has 0 saturated carbocycles. The van der Waals surface area contributed by atoms with Crippen LogP contribution in [0.5, 0.6) is 0 Å². The quantitative estimate of drug-likeness (QED) is 0.905. The summed E-state index contributed by atoms with van der Waals surface area (Å²) in [4.78, 5) is 2.33. The Balaban J connectivity index is 2.11. The molecule has 1 aromatic carbocycles. The molecule has 1 heterocycles. The maximum atomic E-state index is 6.29. The Bertz CT molecular complexity index is 407. The Kier molecular flexibility index (Phi) is 4.77. The van der Waals surface area contributed by atoms with Gasteiger partial charge < -0.3 is 10.2 Å². The molecular formula is C14H20Cl2N2. The molecule has 2 rings (SSSR count). The minimum atomic E-state index is 0.518. The maximum absolute atomic E-state index is 6.29. The molecule has 1 aromatic rings. The summed E-state index contributed by atoms with van der Waals surface area (Å²) in [6.07, 6.45) is 2.42. The normalized spacial score (nSPS) is 20.5. The van der Waals surface area contributed by atoms with Gasteiger partial charge in [0.15, 0.2) is 0 Å². The second kappa shape index (κ2) is 6.14. The van der Waals surface area contributed by atoms with E-state index >= 15 is 0 Å². The van der Waals surface area contributed by atoms with Gasteiger partial charge in [0.2, 0.25) is 0 Å². The third kappa shape index (κ3) is 3.31. The summed E-state index contributed by atoms with van der Waals surface area (Å²) in [6.45, 7) is 6.42. The lowest BCUT2D eigenvalue weighted by Gasteiger charge is -2.36. The number of nitrogens with zero attached hydrogens (tertiary/aromatic N) is 1. The van der Waals surface area contributed by atoms with E-state index in [-0.39, 0.29) is 0 Å². The molecule has 0 bridgehead atoms. The third-order valence-corrected chi connectivity index (χ3v) is 4.07. The van der Waals surface area contributed by atoms with Crippen molar-refractivity contribution >= 4 is 28.9 Å². The number of hydrogen-bond acceptors (Lipinski definition) is 2. The first-order chi connectivity index (χ1) is 8.58. The fourth-order valence-electron chi connectivity index (χ4n) is 2.54. The SMILES string of the molecule is CC(C)NC1CCCN(c2cccc(Cl)c2Cl)C1. The Labute approximate surface area is 119 Å². The van der Waals surface area contributed by atoms with Crippen LogP contribution in [0.2, 0.25) is 10.0 Å². The van der Waals surface area contributed by atoms with Crippen LogP contribution in [0.3, 0.4) is 0 Å². The lowest BCUT2D eigenvalue weighted by molar-refractivity contribution is 0.395. The molecule has 0 spiro atoms. The van der Waals surface area contributed by atoms with E-state index in [0.29, 0.717) is 22.1 Å². The minimum Gasteiger partial charge on any atom is -0.369 e. The first-order valence-electron chi connectivity index (χ1n) is 6.53. The molecule has 0 aliphatic carbocycles. The Hall–Kier alpha value is -0.440. The van der Waals surface area contributed by atoms with Gasteiger partial charge in [0, 0.05) is 25.2 Å². The highest BCUT2D eigenvalue weighted by Gasteiger charge is 2.22. The lowest BCUT2D eigenvalue weighted by atomic mass is 10.0. The monoisotopic (exact) mass is 286 g/mol. The zero-order valence-electron chi connectivity index (χ0n) is 10.9. The van der Waals surface area contributed by atoms with Crippen molar-refractivity contribution < 1.29 is 0 Å². The molecule has 4 heteroatoms. The van der Waals surface area contributed by atoms with E-state index in [2.05, 4.69) is 24.1 Å². The standard InChI is InChI=1S/C14H20Cl2N2/c1-10(2)17-11-5-4-8-18(9-11)13-7-3-6-12(15)14(13)16/h3,6-7,10-11,17H,4-5,8-9H2,1-2H3. The molecule has 0 aromatic heterocycles. The smallest absolute Gasteiger partial charge is 0.0825 e. The van der Waals surface area contributed by atoms with Crippen LogP contribution in [0.1, 0.15) is 26.7 Å². The zero-order valence-corrected chi connectivity index (χ0v) is 12.4. The molecule has 1 atom stereocenters. The maximum Gasteiger partial charge on any atom is 0.0825 e. The third-order valence-electron chi connectivity index (χ3n) is 3.26. The predicted molar refractivity (Wildman–Crippen MR) is 80.0 cm³/mol. The highest BCUT2D eigenvalue weighted by Crippen LogP contribution is 2.33. The number of rotatable bonds is 3. The topological polar surface area (TPSA) is 15.3 Å². The molecule has 0 amide bonds. The van der Waals surface area contributed by atoms with Crippen molar-refractivity contribution in [1.82, 2.24) is 5.32 Å². The van der Waals surface area contributed by atoms with Crippen LogP contribution in [-0.4, -0.2) is 25.2 Å². The summed E-state index contributed by atoms with van der Waals surface area (Å²) >= 11 is 12.4. The van der Waals surface area contributed by atoms with E-state index in [9.17, 15) is 0 Å². The van der Waals surface area contributed by atoms with Gasteiger partial charge in [0.1, 0.15) is 0 Å². The van der Waals surface area contributed by atoms with Crippen molar-refractivity contribution in [3.63, 3.8) is 0 Å². The largest absolute Gasteiger partial charge is 0.369 e. The van der Waals surface area contributed by atoms with Gasteiger partial charge in [-0.1, -0.05) is 43.1 Å². The predicted octanol–water partition coefficient (Wildman–Crippen LogP) is 3.96. The van der Waals surface area contributed by atoms with Crippen molar-refractivity contribution in [2.75, 3.05) is 18.0 Å². The second-order valence-corrected chi connectivity index (χ2v) is 5.96. The zero-order chi connectivity index (χ0) is 13.1. The Morgan fingerprint density at radius 2 is 2.11 bits per heavy atom. The summed E-state index contributed by atoms with van der Waals surface area (Å²) in [5.74, 6) is 0. The van der Waals surface area contributed by atoms with Gasteiger partial charge in [-0.25, -0.2) is 0 Å². The van der Waals surface area contributed by atoms with E-state index < -0.39 is 0 Å². The van der Waals surface area contributed by atoms with E-state index in [0.717, 1.165) is 18.8 Å². The van der Waals surface area contributed by atoms with Gasteiger partial charge in [-0.2, -0.15) is 0 Å². The average molecular weight is 287 g/mol. The van der Waals surface area contributed by atoms with Crippen molar-refractivity contribution in [3.8, 4) is 0 Å². The number of halogens is 2. The van der Waals surface area contributed by atoms with Crippen LogP contribution in [0.25, 0.3) is 0 Å². The molecule has 18 heavy (non-hydrogen) atoms. The molecule has 1 unspecified atom stereocenters. The van der Waals surface area contributed by atoms with Crippen molar-refractivity contribution in [2.24, 2.45) is 0 Å². The Morgan fingerprint density at radius 3 is 2.83 bits per heavy atom. The van der Waals surface area contributed by atoms with Crippen LogP contribution in [0, 0.1) is 0 Å². The number of anilines is 1. The number of benzene rings is 1. The van der Waals surface area contributed by atoms with Gasteiger partial charge in [0.25, 0.3) is 0 Å². The average Bonchev–Trinajstić information content (AvgIpc) is 2.32. The fourth-order valence-corrected chi connectivity index (χ4v) is 2.96. The second-order valence-electron chi connectivity index (χ2n) is 5.18. The Morgan fingerprint density at radius 1 is 1.33 bits per heavy atom.